The summed E-state index contributed by atoms with van der Waals surface area (Å²) in [7, 11) is 1.69. The summed E-state index contributed by atoms with van der Waals surface area (Å²) in [6.07, 6.45) is 0. The van der Waals surface area contributed by atoms with Crippen LogP contribution < -0.4 is 10.1 Å². The number of methoxy groups -OCH3 is 1. The van der Waals surface area contributed by atoms with Gasteiger partial charge in [0.05, 0.1) is 7.11 Å². The standard InChI is InChI=1S/C17H20BrNO/c1-12-4-5-15(17(18)10-12)11-19-13(2)14-6-8-16(20-3)9-7-14/h4-10,13,19H,11H2,1-3H3. The molecule has 20 heavy (non-hydrogen) atoms. The fourth-order valence-corrected chi connectivity index (χ4v) is 2.70. The van der Waals surface area contributed by atoms with Crippen molar-refractivity contribution in [1.82, 2.24) is 5.32 Å². The minimum absolute atomic E-state index is 0.300. The Hall–Kier alpha value is -1.32. The van der Waals surface area contributed by atoms with E-state index in [1.54, 1.807) is 7.11 Å². The second kappa shape index (κ2) is 6.91. The van der Waals surface area contributed by atoms with E-state index in [0.29, 0.717) is 6.04 Å². The average molecular weight is 334 g/mol. The molecule has 0 bridgehead atoms. The zero-order chi connectivity index (χ0) is 14.5. The molecule has 0 heterocycles. The maximum Gasteiger partial charge on any atom is 0.118 e. The zero-order valence-corrected chi connectivity index (χ0v) is 13.7. The minimum atomic E-state index is 0.300. The quantitative estimate of drug-likeness (QED) is 0.862. The molecule has 2 nitrogen and oxygen atoms in total. The van der Waals surface area contributed by atoms with Crippen LogP contribution in [0, 0.1) is 6.92 Å². The molecule has 2 aromatic carbocycles. The van der Waals surface area contributed by atoms with Crippen molar-refractivity contribution < 1.29 is 4.74 Å². The second-order valence-corrected chi connectivity index (χ2v) is 5.82. The number of halogens is 1. The highest BCUT2D eigenvalue weighted by Crippen LogP contribution is 2.21. The lowest BCUT2D eigenvalue weighted by molar-refractivity contribution is 0.414. The molecule has 3 heteroatoms. The monoisotopic (exact) mass is 333 g/mol. The largest absolute Gasteiger partial charge is 0.497 e. The molecule has 1 atom stereocenters. The van der Waals surface area contributed by atoms with Gasteiger partial charge in [-0.1, -0.05) is 40.2 Å². The summed E-state index contributed by atoms with van der Waals surface area (Å²) in [5, 5.41) is 3.54. The van der Waals surface area contributed by atoms with Gasteiger partial charge in [-0.2, -0.15) is 0 Å². The number of benzene rings is 2. The zero-order valence-electron chi connectivity index (χ0n) is 12.1. The van der Waals surface area contributed by atoms with Crippen LogP contribution in [0.4, 0.5) is 0 Å². The first kappa shape index (κ1) is 15.1. The smallest absolute Gasteiger partial charge is 0.118 e. The van der Waals surface area contributed by atoms with Crippen molar-refractivity contribution in [2.75, 3.05) is 7.11 Å². The van der Waals surface area contributed by atoms with Gasteiger partial charge in [-0.15, -0.1) is 0 Å². The third-order valence-electron chi connectivity index (χ3n) is 3.42. The number of hydrogen-bond donors (Lipinski definition) is 1. The van der Waals surface area contributed by atoms with Gasteiger partial charge in [0, 0.05) is 17.1 Å². The Balaban J connectivity index is 1.98. The van der Waals surface area contributed by atoms with Crippen molar-refractivity contribution in [2.24, 2.45) is 0 Å². The number of nitrogens with one attached hydrogen (secondary N) is 1. The third kappa shape index (κ3) is 3.84. The molecular formula is C17H20BrNO. The van der Waals surface area contributed by atoms with Crippen molar-refractivity contribution in [3.63, 3.8) is 0 Å². The molecule has 0 saturated heterocycles. The van der Waals surface area contributed by atoms with E-state index in [1.807, 2.05) is 12.1 Å². The molecule has 0 saturated carbocycles. The van der Waals surface area contributed by atoms with Gasteiger partial charge in [-0.3, -0.25) is 0 Å². The van der Waals surface area contributed by atoms with Crippen molar-refractivity contribution in [2.45, 2.75) is 26.4 Å². The summed E-state index contributed by atoms with van der Waals surface area (Å²) in [4.78, 5) is 0. The maximum absolute atomic E-state index is 5.18. The molecule has 0 aliphatic heterocycles. The summed E-state index contributed by atoms with van der Waals surface area (Å²) < 4.78 is 6.34. The first-order chi connectivity index (χ1) is 9.60. The van der Waals surface area contributed by atoms with Gasteiger partial charge in [0.1, 0.15) is 5.75 Å². The molecule has 0 aliphatic carbocycles. The molecule has 1 unspecified atom stereocenters. The van der Waals surface area contributed by atoms with E-state index in [-0.39, 0.29) is 0 Å². The predicted octanol–water partition coefficient (Wildman–Crippen LogP) is 4.62. The van der Waals surface area contributed by atoms with Crippen LogP contribution >= 0.6 is 15.9 Å². The molecule has 0 aliphatic rings. The van der Waals surface area contributed by atoms with Crippen LogP contribution in [0.15, 0.2) is 46.9 Å². The Morgan fingerprint density at radius 3 is 2.45 bits per heavy atom. The van der Waals surface area contributed by atoms with Crippen molar-refractivity contribution >= 4 is 15.9 Å². The molecule has 1 N–H and O–H groups in total. The molecule has 106 valence electrons. The number of hydrogen-bond acceptors (Lipinski definition) is 2. The topological polar surface area (TPSA) is 21.3 Å². The minimum Gasteiger partial charge on any atom is -0.497 e. The van der Waals surface area contributed by atoms with Crippen molar-refractivity contribution in [3.8, 4) is 5.75 Å². The van der Waals surface area contributed by atoms with Crippen LogP contribution in [0.1, 0.15) is 29.7 Å². The van der Waals surface area contributed by atoms with E-state index in [1.165, 1.54) is 16.7 Å². The number of aryl methyl sites for hydroxylation is 1. The molecule has 0 fully saturated rings. The van der Waals surface area contributed by atoms with E-state index < -0.39 is 0 Å². The summed E-state index contributed by atoms with van der Waals surface area (Å²) in [6, 6.07) is 14.9. The normalized spacial score (nSPS) is 12.2. The molecule has 2 rings (SSSR count). The Morgan fingerprint density at radius 1 is 1.15 bits per heavy atom. The van der Waals surface area contributed by atoms with Gasteiger partial charge in [0.15, 0.2) is 0 Å². The summed E-state index contributed by atoms with van der Waals surface area (Å²) in [6.45, 7) is 5.11. The summed E-state index contributed by atoms with van der Waals surface area (Å²) in [5.41, 5.74) is 3.80. The van der Waals surface area contributed by atoms with Gasteiger partial charge in [0.25, 0.3) is 0 Å². The Labute approximate surface area is 129 Å². The van der Waals surface area contributed by atoms with E-state index in [4.69, 9.17) is 4.74 Å². The van der Waals surface area contributed by atoms with Gasteiger partial charge >= 0.3 is 0 Å². The first-order valence-electron chi connectivity index (χ1n) is 6.72. The summed E-state index contributed by atoms with van der Waals surface area (Å²) in [5.74, 6) is 0.891. The lowest BCUT2D eigenvalue weighted by atomic mass is 10.1. The highest BCUT2D eigenvalue weighted by atomic mass is 79.9. The lowest BCUT2D eigenvalue weighted by Crippen LogP contribution is -2.18. The third-order valence-corrected chi connectivity index (χ3v) is 4.16. The van der Waals surface area contributed by atoms with E-state index in [2.05, 4.69) is 65.4 Å². The van der Waals surface area contributed by atoms with E-state index >= 15 is 0 Å². The highest BCUT2D eigenvalue weighted by molar-refractivity contribution is 9.10. The molecule has 2 aromatic rings. The Bertz CT molecular complexity index is 566. The van der Waals surface area contributed by atoms with E-state index in [9.17, 15) is 0 Å². The molecule has 0 spiro atoms. The van der Waals surface area contributed by atoms with Gasteiger partial charge in [-0.05, 0) is 48.7 Å². The fourth-order valence-electron chi connectivity index (χ4n) is 2.07. The predicted molar refractivity (Wildman–Crippen MR) is 87.1 cm³/mol. The Kier molecular flexibility index (Phi) is 5.21. The van der Waals surface area contributed by atoms with Crippen molar-refractivity contribution in [3.05, 3.63) is 63.6 Å². The molecule has 0 aromatic heterocycles. The fraction of sp³-hybridized carbons (Fsp3) is 0.294. The van der Waals surface area contributed by atoms with Crippen molar-refractivity contribution in [1.29, 1.82) is 0 Å². The maximum atomic E-state index is 5.18. The first-order valence-corrected chi connectivity index (χ1v) is 7.52. The van der Waals surface area contributed by atoms with Crippen LogP contribution in [0.3, 0.4) is 0 Å². The van der Waals surface area contributed by atoms with Crippen LogP contribution in [0.25, 0.3) is 0 Å². The molecular weight excluding hydrogens is 314 g/mol. The van der Waals surface area contributed by atoms with Gasteiger partial charge in [-0.25, -0.2) is 0 Å². The van der Waals surface area contributed by atoms with Gasteiger partial charge < -0.3 is 10.1 Å². The lowest BCUT2D eigenvalue weighted by Gasteiger charge is -2.15. The molecule has 0 amide bonds. The van der Waals surface area contributed by atoms with Gasteiger partial charge in [0.2, 0.25) is 0 Å². The SMILES string of the molecule is COc1ccc(C(C)NCc2ccc(C)cc2Br)cc1. The summed E-state index contributed by atoms with van der Waals surface area (Å²) >= 11 is 3.62. The van der Waals surface area contributed by atoms with Crippen LogP contribution in [0.5, 0.6) is 5.75 Å². The number of ether oxygens (including phenoxy) is 1. The second-order valence-electron chi connectivity index (χ2n) is 4.97. The van der Waals surface area contributed by atoms with Crippen LogP contribution in [-0.4, -0.2) is 7.11 Å². The number of rotatable bonds is 5. The van der Waals surface area contributed by atoms with E-state index in [0.717, 1.165) is 16.8 Å². The Morgan fingerprint density at radius 2 is 1.85 bits per heavy atom. The van der Waals surface area contributed by atoms with Crippen LogP contribution in [0.2, 0.25) is 0 Å². The highest BCUT2D eigenvalue weighted by Gasteiger charge is 2.06. The van der Waals surface area contributed by atoms with Crippen LogP contribution in [-0.2, 0) is 6.54 Å². The average Bonchev–Trinajstić information content (AvgIpc) is 2.46. The molecule has 0 radical (unpaired) electrons.